The Hall–Kier alpha value is 1.38. The van der Waals surface area contributed by atoms with Gasteiger partial charge in [-0.1, -0.05) is 6.92 Å². The zero-order valence-electron chi connectivity index (χ0n) is 5.31. The molecule has 0 spiro atoms. The van der Waals surface area contributed by atoms with Gasteiger partial charge in [0.15, 0.2) is 8.03 Å². The Morgan fingerprint density at radius 3 is 2.12 bits per heavy atom. The monoisotopic (exact) mass is 261 g/mol. The zero-order valence-corrected chi connectivity index (χ0v) is 9.93. The maximum atomic E-state index is 10.4. The van der Waals surface area contributed by atoms with Crippen molar-refractivity contribution in [1.29, 1.82) is 0 Å². The predicted molar refractivity (Wildman–Crippen MR) is 31.2 cm³/mol. The van der Waals surface area contributed by atoms with E-state index in [0.29, 0.717) is 12.8 Å². The van der Waals surface area contributed by atoms with E-state index in [1.54, 1.807) is 0 Å². The molecule has 1 radical (unpaired) electrons. The fourth-order valence-electron chi connectivity index (χ4n) is 0.263. The van der Waals surface area contributed by atoms with Crippen molar-refractivity contribution in [3.8, 4) is 0 Å². The van der Waals surface area contributed by atoms with Crippen LogP contribution in [0.3, 0.4) is 0 Å². The summed E-state index contributed by atoms with van der Waals surface area (Å²) in [4.78, 5) is 0. The third kappa shape index (κ3) is 7.38. The molecule has 0 fully saturated rings. The van der Waals surface area contributed by atoms with E-state index in [1.165, 1.54) is 0 Å². The van der Waals surface area contributed by atoms with Crippen LogP contribution in [0.2, 0.25) is 0 Å². The van der Waals surface area contributed by atoms with Crippen LogP contribution in [-0.4, -0.2) is 12.8 Å². The third-order valence-electron chi connectivity index (χ3n) is 0.594. The molecule has 0 amide bonds. The van der Waals surface area contributed by atoms with Crippen LogP contribution in [0.15, 0.2) is 0 Å². The molecule has 0 aliphatic carbocycles. The van der Waals surface area contributed by atoms with E-state index in [1.807, 2.05) is 13.8 Å². The first-order valence-electron chi connectivity index (χ1n) is 2.46. The molecule has 8 heavy (non-hydrogen) atoms. The molecule has 0 heterocycles. The number of hydrogen-bond acceptors (Lipinski definition) is 2. The van der Waals surface area contributed by atoms with Crippen LogP contribution in [0, 0.1) is 35.6 Å². The Morgan fingerprint density at radius 1 is 1.50 bits per heavy atom. The molecule has 0 bridgehead atoms. The maximum absolute atomic E-state index is 10.4. The number of rotatable bonds is 3. The molecule has 0 aromatic rings. The Kier molecular flexibility index (Phi) is 12.7. The fraction of sp³-hybridized carbons (Fsp3) is 1.00. The standard InChI is InChI=1S/C4H11O2P.La/c1-3-6-7(5)4-2;/h7H,3-4H2,1-2H3;. The van der Waals surface area contributed by atoms with Crippen molar-refractivity contribution < 1.29 is 44.7 Å². The van der Waals surface area contributed by atoms with Crippen LogP contribution in [0.1, 0.15) is 13.8 Å². The number of hydrogen-bond donors (Lipinski definition) is 0. The first-order valence-corrected chi connectivity index (χ1v) is 3.99. The van der Waals surface area contributed by atoms with Gasteiger partial charge >= 0.3 is 0 Å². The molecular weight excluding hydrogens is 250 g/mol. The summed E-state index contributed by atoms with van der Waals surface area (Å²) in [5.41, 5.74) is 0. The second-order valence-electron chi connectivity index (χ2n) is 1.16. The van der Waals surface area contributed by atoms with Crippen molar-refractivity contribution in [3.05, 3.63) is 0 Å². The van der Waals surface area contributed by atoms with Gasteiger partial charge in [-0.05, 0) is 6.92 Å². The molecule has 0 aromatic heterocycles. The summed E-state index contributed by atoms with van der Waals surface area (Å²) in [6.45, 7) is 4.28. The maximum Gasteiger partial charge on any atom is 0.191 e. The smallest absolute Gasteiger partial charge is 0.191 e. The first kappa shape index (κ1) is 12.1. The summed E-state index contributed by atoms with van der Waals surface area (Å²) in [6.07, 6.45) is 0.665. The van der Waals surface area contributed by atoms with Crippen LogP contribution < -0.4 is 0 Å². The molecule has 1 unspecified atom stereocenters. The second kappa shape index (κ2) is 8.38. The topological polar surface area (TPSA) is 26.3 Å². The van der Waals surface area contributed by atoms with E-state index in [9.17, 15) is 4.57 Å². The Morgan fingerprint density at radius 2 is 2.00 bits per heavy atom. The molecule has 0 saturated heterocycles. The van der Waals surface area contributed by atoms with E-state index < -0.39 is 8.03 Å². The van der Waals surface area contributed by atoms with Gasteiger partial charge in [-0.25, -0.2) is 0 Å². The summed E-state index contributed by atoms with van der Waals surface area (Å²) >= 11 is 0. The van der Waals surface area contributed by atoms with Gasteiger partial charge in [-0.15, -0.1) is 0 Å². The van der Waals surface area contributed by atoms with Crippen LogP contribution in [0.5, 0.6) is 0 Å². The summed E-state index contributed by atoms with van der Waals surface area (Å²) < 4.78 is 15.1. The summed E-state index contributed by atoms with van der Waals surface area (Å²) in [6, 6.07) is 0. The van der Waals surface area contributed by atoms with Gasteiger partial charge in [0, 0.05) is 41.8 Å². The van der Waals surface area contributed by atoms with Gasteiger partial charge in [0.1, 0.15) is 0 Å². The Bertz CT molecular complexity index is 67.1. The summed E-state index contributed by atoms with van der Waals surface area (Å²) in [5, 5.41) is 0. The van der Waals surface area contributed by atoms with E-state index in [0.717, 1.165) is 0 Å². The van der Waals surface area contributed by atoms with Gasteiger partial charge in [0.05, 0.1) is 6.61 Å². The summed E-state index contributed by atoms with van der Waals surface area (Å²) in [7, 11) is -1.63. The molecule has 47 valence electrons. The average Bonchev–Trinajstić information content (AvgIpc) is 1.68. The van der Waals surface area contributed by atoms with E-state index in [-0.39, 0.29) is 35.6 Å². The minimum absolute atomic E-state index is 0. The first-order chi connectivity index (χ1) is 3.31. The second-order valence-corrected chi connectivity index (χ2v) is 2.90. The molecule has 0 aliphatic heterocycles. The molecule has 0 N–H and O–H groups in total. The fourth-order valence-corrected chi connectivity index (χ4v) is 0.789. The average molecular weight is 261 g/mol. The Labute approximate surface area is 78.8 Å². The van der Waals surface area contributed by atoms with E-state index >= 15 is 0 Å². The SMILES string of the molecule is CCO[PH](=O)CC.[La]. The van der Waals surface area contributed by atoms with Crippen LogP contribution in [-0.2, 0) is 9.09 Å². The predicted octanol–water partition coefficient (Wildman–Crippen LogP) is 1.52. The third-order valence-corrected chi connectivity index (χ3v) is 1.78. The van der Waals surface area contributed by atoms with Crippen molar-refractivity contribution in [2.24, 2.45) is 0 Å². The van der Waals surface area contributed by atoms with Crippen molar-refractivity contribution in [2.45, 2.75) is 13.8 Å². The molecule has 0 aliphatic rings. The van der Waals surface area contributed by atoms with Gasteiger partial charge < -0.3 is 4.52 Å². The molecule has 0 rings (SSSR count). The molecular formula is C4H11LaO2P. The zero-order chi connectivity index (χ0) is 5.70. The molecule has 2 nitrogen and oxygen atoms in total. The van der Waals surface area contributed by atoms with E-state index in [4.69, 9.17) is 4.52 Å². The van der Waals surface area contributed by atoms with E-state index in [2.05, 4.69) is 0 Å². The Balaban J connectivity index is 0. The molecule has 4 heteroatoms. The molecule has 0 saturated carbocycles. The normalized spacial score (nSPS) is 12.2. The largest absolute Gasteiger partial charge is 0.331 e. The van der Waals surface area contributed by atoms with Crippen LogP contribution in [0.4, 0.5) is 0 Å². The molecule has 0 aromatic carbocycles. The van der Waals surface area contributed by atoms with Crippen molar-refractivity contribution in [3.63, 3.8) is 0 Å². The van der Waals surface area contributed by atoms with Crippen molar-refractivity contribution >= 4 is 8.03 Å². The van der Waals surface area contributed by atoms with Crippen molar-refractivity contribution in [2.75, 3.05) is 12.8 Å². The van der Waals surface area contributed by atoms with Crippen molar-refractivity contribution in [1.82, 2.24) is 0 Å². The summed E-state index contributed by atoms with van der Waals surface area (Å²) in [5.74, 6) is 0. The minimum Gasteiger partial charge on any atom is -0.331 e. The van der Waals surface area contributed by atoms with Gasteiger partial charge in [0.2, 0.25) is 0 Å². The van der Waals surface area contributed by atoms with Gasteiger partial charge in [0.25, 0.3) is 0 Å². The van der Waals surface area contributed by atoms with Crippen LogP contribution >= 0.6 is 8.03 Å². The van der Waals surface area contributed by atoms with Crippen LogP contribution in [0.25, 0.3) is 0 Å². The minimum atomic E-state index is -1.63. The van der Waals surface area contributed by atoms with Gasteiger partial charge in [-0.2, -0.15) is 0 Å². The van der Waals surface area contributed by atoms with Gasteiger partial charge in [-0.3, -0.25) is 4.57 Å². The molecule has 1 atom stereocenters. The quantitative estimate of drug-likeness (QED) is 0.720.